The fourth-order valence-electron chi connectivity index (χ4n) is 2.76. The van der Waals surface area contributed by atoms with Crippen LogP contribution < -0.4 is 11.3 Å². The Balaban J connectivity index is 2.88. The maximum Gasteiger partial charge on any atom is 0.278 e. The second kappa shape index (κ2) is 7.03. The molecule has 2 rings (SSSR count). The van der Waals surface area contributed by atoms with Crippen LogP contribution in [0.2, 0.25) is 5.02 Å². The van der Waals surface area contributed by atoms with Crippen LogP contribution in [0.15, 0.2) is 29.1 Å². The maximum absolute atomic E-state index is 13.0. The minimum Gasteiger partial charge on any atom is -0.382 e. The molecule has 8 heteroatoms. The molecule has 24 heavy (non-hydrogen) atoms. The monoisotopic (exact) mass is 371 g/mol. The summed E-state index contributed by atoms with van der Waals surface area (Å²) in [7, 11) is -3.73. The summed E-state index contributed by atoms with van der Waals surface area (Å²) in [6.45, 7) is 5.30. The van der Waals surface area contributed by atoms with Crippen molar-refractivity contribution in [2.24, 2.45) is 0 Å². The molecule has 1 unspecified atom stereocenters. The first-order chi connectivity index (χ1) is 11.3. The quantitative estimate of drug-likeness (QED) is 0.845. The van der Waals surface area contributed by atoms with E-state index in [4.69, 9.17) is 17.3 Å². The van der Waals surface area contributed by atoms with E-state index in [1.165, 1.54) is 11.6 Å². The van der Waals surface area contributed by atoms with Gasteiger partial charge in [-0.05, 0) is 26.3 Å². The predicted octanol–water partition coefficient (Wildman–Crippen LogP) is 3.11. The van der Waals surface area contributed by atoms with Crippen LogP contribution in [0.4, 0.5) is 5.82 Å². The van der Waals surface area contributed by atoms with Crippen molar-refractivity contribution in [2.45, 2.75) is 39.7 Å². The van der Waals surface area contributed by atoms with Crippen molar-refractivity contribution in [3.63, 3.8) is 0 Å². The molecule has 2 aromatic rings. The Labute approximate surface area is 146 Å². The Morgan fingerprint density at radius 1 is 1.25 bits per heavy atom. The van der Waals surface area contributed by atoms with Crippen molar-refractivity contribution in [1.82, 2.24) is 8.77 Å². The number of benzene rings is 1. The van der Waals surface area contributed by atoms with E-state index >= 15 is 0 Å². The Kier molecular flexibility index (Phi) is 5.45. The number of nitrogens with zero attached hydrogens (tertiary/aromatic N) is 2. The molecule has 1 aromatic carbocycles. The molecule has 132 valence electrons. The summed E-state index contributed by atoms with van der Waals surface area (Å²) in [6, 6.07) is 6.46. The van der Waals surface area contributed by atoms with E-state index in [0.29, 0.717) is 17.0 Å². The summed E-state index contributed by atoms with van der Waals surface area (Å²) >= 11 is 6.19. The molecule has 2 N–H and O–H groups in total. The van der Waals surface area contributed by atoms with Crippen LogP contribution in [-0.4, -0.2) is 22.9 Å². The summed E-state index contributed by atoms with van der Waals surface area (Å²) < 4.78 is 27.2. The average molecular weight is 372 g/mol. The molecule has 0 aliphatic rings. The SMILES string of the molecule is CCCC(C)n1c(=O)c(-c2ccccc2Cl)c(N)n1S(=O)(=O)CC. The van der Waals surface area contributed by atoms with Crippen molar-refractivity contribution >= 4 is 27.4 Å². The fourth-order valence-corrected chi connectivity index (χ4v) is 4.13. The topological polar surface area (TPSA) is 87.1 Å². The molecule has 0 aliphatic carbocycles. The van der Waals surface area contributed by atoms with Gasteiger partial charge in [0.2, 0.25) is 0 Å². The number of aromatic nitrogens is 2. The lowest BCUT2D eigenvalue weighted by Gasteiger charge is -2.17. The minimum absolute atomic E-state index is 0.0992. The van der Waals surface area contributed by atoms with Gasteiger partial charge < -0.3 is 5.73 Å². The smallest absolute Gasteiger partial charge is 0.278 e. The van der Waals surface area contributed by atoms with Crippen LogP contribution in [0.5, 0.6) is 0 Å². The van der Waals surface area contributed by atoms with Crippen LogP contribution in [-0.2, 0) is 10.0 Å². The van der Waals surface area contributed by atoms with Gasteiger partial charge in [-0.15, -0.1) is 0 Å². The van der Waals surface area contributed by atoms with Crippen LogP contribution in [0.3, 0.4) is 0 Å². The van der Waals surface area contributed by atoms with E-state index in [1.807, 2.05) is 13.8 Å². The summed E-state index contributed by atoms with van der Waals surface area (Å²) in [5.74, 6) is -0.260. The number of anilines is 1. The highest BCUT2D eigenvalue weighted by atomic mass is 35.5. The van der Waals surface area contributed by atoms with Gasteiger partial charge in [-0.3, -0.25) is 4.79 Å². The van der Waals surface area contributed by atoms with Crippen LogP contribution >= 0.6 is 11.6 Å². The van der Waals surface area contributed by atoms with Gasteiger partial charge in [0.25, 0.3) is 15.6 Å². The Hall–Kier alpha value is -1.73. The van der Waals surface area contributed by atoms with Crippen molar-refractivity contribution in [3.8, 4) is 11.1 Å². The highest BCUT2D eigenvalue weighted by Crippen LogP contribution is 2.31. The molecule has 0 fully saturated rings. The summed E-state index contributed by atoms with van der Waals surface area (Å²) in [5.41, 5.74) is 6.22. The largest absolute Gasteiger partial charge is 0.382 e. The number of nitrogen functional groups attached to an aromatic ring is 1. The van der Waals surface area contributed by atoms with Crippen molar-refractivity contribution in [3.05, 3.63) is 39.6 Å². The standard InChI is InChI=1S/C16H22ClN3O3S/c1-4-8-11(3)19-16(21)14(12-9-6-7-10-13(12)17)15(18)20(19)24(22,23)5-2/h6-7,9-11H,4-5,8,18H2,1-3H3. The van der Waals surface area contributed by atoms with Gasteiger partial charge in [-0.2, -0.15) is 4.09 Å². The first-order valence-corrected chi connectivity index (χ1v) is 9.86. The molecule has 1 aromatic heterocycles. The van der Waals surface area contributed by atoms with E-state index in [2.05, 4.69) is 0 Å². The number of hydrogen-bond donors (Lipinski definition) is 1. The Bertz CT molecular complexity index is 900. The highest BCUT2D eigenvalue weighted by Gasteiger charge is 2.29. The van der Waals surface area contributed by atoms with E-state index < -0.39 is 15.6 Å². The molecular weight excluding hydrogens is 350 g/mol. The number of rotatable bonds is 6. The molecular formula is C16H22ClN3O3S. The van der Waals surface area contributed by atoms with Crippen molar-refractivity contribution in [1.29, 1.82) is 0 Å². The van der Waals surface area contributed by atoms with Crippen molar-refractivity contribution in [2.75, 3.05) is 11.5 Å². The van der Waals surface area contributed by atoms with Gasteiger partial charge in [-0.25, -0.2) is 13.1 Å². The first kappa shape index (κ1) is 18.6. The Morgan fingerprint density at radius 3 is 2.42 bits per heavy atom. The Morgan fingerprint density at radius 2 is 1.88 bits per heavy atom. The lowest BCUT2D eigenvalue weighted by Crippen LogP contribution is -2.32. The highest BCUT2D eigenvalue weighted by molar-refractivity contribution is 7.89. The zero-order chi connectivity index (χ0) is 18.1. The average Bonchev–Trinajstić information content (AvgIpc) is 2.80. The first-order valence-electron chi connectivity index (χ1n) is 7.87. The molecule has 1 atom stereocenters. The lowest BCUT2D eigenvalue weighted by molar-refractivity contribution is 0.420. The van der Waals surface area contributed by atoms with E-state index in [-0.39, 0.29) is 23.2 Å². The normalized spacial score (nSPS) is 13.2. The third-order valence-corrected chi connectivity index (χ3v) is 5.93. The van der Waals surface area contributed by atoms with Crippen LogP contribution in [0.25, 0.3) is 11.1 Å². The molecule has 0 saturated carbocycles. The van der Waals surface area contributed by atoms with E-state index in [1.54, 1.807) is 24.3 Å². The zero-order valence-corrected chi connectivity index (χ0v) is 15.6. The predicted molar refractivity (Wildman–Crippen MR) is 98.0 cm³/mol. The summed E-state index contributed by atoms with van der Waals surface area (Å²) in [4.78, 5) is 13.0. The molecule has 0 aliphatic heterocycles. The van der Waals surface area contributed by atoms with E-state index in [0.717, 1.165) is 10.5 Å². The third kappa shape index (κ3) is 3.10. The van der Waals surface area contributed by atoms with Crippen LogP contribution in [0, 0.1) is 0 Å². The molecule has 1 heterocycles. The van der Waals surface area contributed by atoms with Crippen molar-refractivity contribution < 1.29 is 8.42 Å². The van der Waals surface area contributed by atoms with E-state index in [9.17, 15) is 13.2 Å². The van der Waals surface area contributed by atoms with Gasteiger partial charge in [0.05, 0.1) is 17.4 Å². The molecule has 0 amide bonds. The van der Waals surface area contributed by atoms with Gasteiger partial charge in [-0.1, -0.05) is 43.1 Å². The summed E-state index contributed by atoms with van der Waals surface area (Å²) in [5, 5.41) is 0.350. The zero-order valence-electron chi connectivity index (χ0n) is 14.0. The van der Waals surface area contributed by atoms with Gasteiger partial charge in [0, 0.05) is 10.6 Å². The minimum atomic E-state index is -3.73. The summed E-state index contributed by atoms with van der Waals surface area (Å²) in [6.07, 6.45) is 1.47. The number of halogens is 1. The fraction of sp³-hybridized carbons (Fsp3) is 0.438. The molecule has 6 nitrogen and oxygen atoms in total. The second-order valence-corrected chi connectivity index (χ2v) is 8.17. The molecule has 0 radical (unpaired) electrons. The second-order valence-electron chi connectivity index (χ2n) is 5.67. The van der Waals surface area contributed by atoms with Gasteiger partial charge in [0.15, 0.2) is 0 Å². The lowest BCUT2D eigenvalue weighted by atomic mass is 10.1. The third-order valence-electron chi connectivity index (χ3n) is 3.98. The molecule has 0 bridgehead atoms. The molecule has 0 saturated heterocycles. The maximum atomic E-state index is 13.0. The van der Waals surface area contributed by atoms with Crippen LogP contribution in [0.1, 0.15) is 39.7 Å². The van der Waals surface area contributed by atoms with Gasteiger partial charge in [0.1, 0.15) is 5.82 Å². The molecule has 0 spiro atoms. The number of nitrogens with two attached hydrogens (primary N) is 1. The number of hydrogen-bond acceptors (Lipinski definition) is 4. The van der Waals surface area contributed by atoms with Gasteiger partial charge >= 0.3 is 0 Å².